The van der Waals surface area contributed by atoms with Crippen LogP contribution in [-0.2, 0) is 0 Å². The molecule has 5 heteroatoms. The van der Waals surface area contributed by atoms with Gasteiger partial charge in [-0.1, -0.05) is 125 Å². The molecule has 0 radical (unpaired) electrons. The van der Waals surface area contributed by atoms with E-state index >= 15 is 0 Å². The van der Waals surface area contributed by atoms with Crippen LogP contribution >= 0.6 is 0 Å². The Morgan fingerprint density at radius 2 is 0.745 bits per heavy atom. The van der Waals surface area contributed by atoms with Gasteiger partial charge in [0.25, 0.3) is 0 Å². The standard InChI is InChI=1S/C46H54N4Si/c1-7-25-47-39-29-35(30-40(33-39)48-26-8-2)21-23-43-45(37-17-13-11-14-18-37)46(38-19-15-12-16-20-38)44(51(43,5)6)24-22-36-31-41(49-27-9-3)34-42(32-36)50-28-10-4/h11-20,29-34,47-50H,7-10,25-28H2,1-6H3. The minimum absolute atomic E-state index is 0.924. The highest BCUT2D eigenvalue weighted by Crippen LogP contribution is 2.48. The molecule has 5 rings (SSSR count). The van der Waals surface area contributed by atoms with Crippen LogP contribution in [0.25, 0.3) is 11.1 Å². The van der Waals surface area contributed by atoms with E-state index in [0.717, 1.165) is 85.7 Å². The van der Waals surface area contributed by atoms with Gasteiger partial charge in [0.2, 0.25) is 0 Å². The van der Waals surface area contributed by atoms with Crippen molar-refractivity contribution < 1.29 is 0 Å². The molecule has 0 fully saturated rings. The fraction of sp³-hybridized carbons (Fsp3) is 0.304. The summed E-state index contributed by atoms with van der Waals surface area (Å²) in [7, 11) is -2.39. The van der Waals surface area contributed by atoms with Gasteiger partial charge in [-0.15, -0.1) is 0 Å². The summed E-state index contributed by atoms with van der Waals surface area (Å²) in [4.78, 5) is 0. The molecule has 4 N–H and O–H groups in total. The normalized spacial score (nSPS) is 13.2. The third kappa shape index (κ3) is 9.57. The van der Waals surface area contributed by atoms with Gasteiger partial charge in [-0.3, -0.25) is 0 Å². The lowest BCUT2D eigenvalue weighted by Crippen LogP contribution is -2.29. The highest BCUT2D eigenvalue weighted by Gasteiger charge is 2.41. The van der Waals surface area contributed by atoms with E-state index < -0.39 is 8.07 Å². The number of hydrogen-bond acceptors (Lipinski definition) is 4. The Morgan fingerprint density at radius 1 is 0.431 bits per heavy atom. The van der Waals surface area contributed by atoms with E-state index in [4.69, 9.17) is 0 Å². The second kappa shape index (κ2) is 18.2. The molecule has 0 bridgehead atoms. The van der Waals surface area contributed by atoms with Crippen molar-refractivity contribution in [2.45, 2.75) is 66.5 Å². The summed E-state index contributed by atoms with van der Waals surface area (Å²) in [6.07, 6.45) is 4.26. The molecule has 4 aromatic carbocycles. The van der Waals surface area contributed by atoms with Gasteiger partial charge in [0.05, 0.1) is 0 Å². The van der Waals surface area contributed by atoms with Gasteiger partial charge in [0, 0.05) is 70.4 Å². The highest BCUT2D eigenvalue weighted by molar-refractivity contribution is 6.96. The van der Waals surface area contributed by atoms with E-state index in [-0.39, 0.29) is 0 Å². The average Bonchev–Trinajstić information content (AvgIpc) is 3.38. The Kier molecular flexibility index (Phi) is 13.3. The summed E-state index contributed by atoms with van der Waals surface area (Å²) in [5, 5.41) is 16.8. The number of hydrogen-bond donors (Lipinski definition) is 4. The monoisotopic (exact) mass is 690 g/mol. The topological polar surface area (TPSA) is 48.1 Å². The predicted octanol–water partition coefficient (Wildman–Crippen LogP) is 11.1. The molecule has 0 aliphatic carbocycles. The third-order valence-electron chi connectivity index (χ3n) is 8.97. The number of allylic oxidation sites excluding steroid dienone is 4. The van der Waals surface area contributed by atoms with Crippen molar-refractivity contribution in [3.05, 3.63) is 130 Å². The van der Waals surface area contributed by atoms with Gasteiger partial charge in [0.1, 0.15) is 8.07 Å². The van der Waals surface area contributed by atoms with Gasteiger partial charge in [0.15, 0.2) is 0 Å². The molecule has 0 unspecified atom stereocenters. The first-order chi connectivity index (χ1) is 24.9. The Balaban J connectivity index is 1.69. The van der Waals surface area contributed by atoms with Crippen molar-refractivity contribution >= 4 is 42.0 Å². The molecule has 0 amide bonds. The lowest BCUT2D eigenvalue weighted by molar-refractivity contribution is 0.973. The van der Waals surface area contributed by atoms with Crippen LogP contribution in [0.15, 0.2) is 107 Å². The summed E-state index contributed by atoms with van der Waals surface area (Å²) in [6.45, 7) is 17.3. The number of anilines is 4. The SMILES string of the molecule is CCCNc1cc(C#CC2=C(c3ccccc3)C(c3ccccc3)=C(C#Cc3cc(NCCC)cc(NCCC)c3)[Si]2(C)C)cc(NCCC)c1. The number of nitrogens with one attached hydrogen (secondary N) is 4. The second-order valence-electron chi connectivity index (χ2n) is 13.7. The molecule has 1 aliphatic heterocycles. The van der Waals surface area contributed by atoms with Crippen LogP contribution in [0.4, 0.5) is 22.7 Å². The van der Waals surface area contributed by atoms with Crippen molar-refractivity contribution in [1.29, 1.82) is 0 Å². The van der Waals surface area contributed by atoms with Crippen molar-refractivity contribution in [3.63, 3.8) is 0 Å². The molecule has 1 aliphatic rings. The Hall–Kier alpha value is -5.10. The Bertz CT molecular complexity index is 1770. The zero-order valence-electron chi connectivity index (χ0n) is 31.4. The van der Waals surface area contributed by atoms with Crippen molar-refractivity contribution in [2.75, 3.05) is 47.4 Å². The van der Waals surface area contributed by atoms with Crippen LogP contribution in [0, 0.1) is 23.7 Å². The summed E-state index contributed by atoms with van der Waals surface area (Å²) in [5.74, 6) is 14.9. The third-order valence-corrected chi connectivity index (χ3v) is 12.2. The molecule has 262 valence electrons. The molecule has 0 atom stereocenters. The van der Waals surface area contributed by atoms with E-state index in [0.29, 0.717) is 0 Å². The van der Waals surface area contributed by atoms with E-state index in [2.05, 4.69) is 183 Å². The van der Waals surface area contributed by atoms with Crippen LogP contribution in [-0.4, -0.2) is 34.3 Å². The first kappa shape index (κ1) is 37.2. The summed E-state index contributed by atoms with van der Waals surface area (Å²) in [6, 6.07) is 34.7. The molecule has 0 aromatic heterocycles. The minimum Gasteiger partial charge on any atom is -0.385 e. The van der Waals surface area contributed by atoms with Crippen molar-refractivity contribution in [1.82, 2.24) is 0 Å². The molecule has 1 heterocycles. The van der Waals surface area contributed by atoms with Gasteiger partial charge in [-0.05, 0) is 84.4 Å². The molecule has 0 saturated heterocycles. The summed E-state index contributed by atoms with van der Waals surface area (Å²) < 4.78 is 0. The molecular formula is C46H54N4Si. The van der Waals surface area contributed by atoms with Crippen molar-refractivity contribution in [2.24, 2.45) is 0 Å². The van der Waals surface area contributed by atoms with E-state index in [9.17, 15) is 0 Å². The van der Waals surface area contributed by atoms with Gasteiger partial charge in [-0.25, -0.2) is 0 Å². The van der Waals surface area contributed by atoms with Gasteiger partial charge < -0.3 is 21.3 Å². The molecule has 51 heavy (non-hydrogen) atoms. The zero-order valence-corrected chi connectivity index (χ0v) is 32.4. The molecule has 4 aromatic rings. The largest absolute Gasteiger partial charge is 0.385 e. The lowest BCUT2D eigenvalue weighted by Gasteiger charge is -2.19. The molecule has 0 spiro atoms. The first-order valence-corrected chi connectivity index (χ1v) is 21.8. The molecule has 4 nitrogen and oxygen atoms in total. The summed E-state index contributed by atoms with van der Waals surface area (Å²) >= 11 is 0. The Morgan fingerprint density at radius 3 is 1.04 bits per heavy atom. The lowest BCUT2D eigenvalue weighted by atomic mass is 9.91. The van der Waals surface area contributed by atoms with E-state index in [1.54, 1.807) is 0 Å². The van der Waals surface area contributed by atoms with Crippen LogP contribution in [0.1, 0.15) is 75.6 Å². The van der Waals surface area contributed by atoms with Crippen LogP contribution in [0.5, 0.6) is 0 Å². The number of rotatable bonds is 14. The second-order valence-corrected chi connectivity index (χ2v) is 17.9. The fourth-order valence-electron chi connectivity index (χ4n) is 6.38. The fourth-order valence-corrected chi connectivity index (χ4v) is 9.17. The average molecular weight is 691 g/mol. The van der Waals surface area contributed by atoms with Gasteiger partial charge >= 0.3 is 0 Å². The molecular weight excluding hydrogens is 637 g/mol. The summed E-state index contributed by atoms with van der Waals surface area (Å²) in [5.41, 5.74) is 11.2. The maximum absolute atomic E-state index is 3.80. The maximum atomic E-state index is 3.80. The highest BCUT2D eigenvalue weighted by atomic mass is 28.3. The van der Waals surface area contributed by atoms with Gasteiger partial charge in [-0.2, -0.15) is 0 Å². The van der Waals surface area contributed by atoms with E-state index in [1.165, 1.54) is 32.7 Å². The van der Waals surface area contributed by atoms with E-state index in [1.807, 2.05) is 0 Å². The number of benzene rings is 4. The first-order valence-electron chi connectivity index (χ1n) is 18.8. The van der Waals surface area contributed by atoms with Crippen molar-refractivity contribution in [3.8, 4) is 23.7 Å². The zero-order chi connectivity index (χ0) is 36.1. The van der Waals surface area contributed by atoms with Crippen LogP contribution in [0.3, 0.4) is 0 Å². The molecule has 0 saturated carbocycles. The Labute approximate surface area is 308 Å². The van der Waals surface area contributed by atoms with Crippen LogP contribution in [0.2, 0.25) is 13.1 Å². The minimum atomic E-state index is -2.39. The smallest absolute Gasteiger partial charge is 0.135 e. The predicted molar refractivity (Wildman–Crippen MR) is 226 cm³/mol. The quantitative estimate of drug-likeness (QED) is 0.0786. The maximum Gasteiger partial charge on any atom is 0.135 e. The van der Waals surface area contributed by atoms with Crippen LogP contribution < -0.4 is 21.3 Å².